The fourth-order valence-electron chi connectivity index (χ4n) is 2.51. The van der Waals surface area contributed by atoms with Crippen LogP contribution in [0.2, 0.25) is 0 Å². The van der Waals surface area contributed by atoms with Gasteiger partial charge in [0, 0.05) is 18.6 Å². The maximum Gasteiger partial charge on any atom is 0.328 e. The van der Waals surface area contributed by atoms with Crippen molar-refractivity contribution in [3.05, 3.63) is 24.3 Å². The molecule has 7 heteroatoms. The van der Waals surface area contributed by atoms with E-state index in [1.54, 1.807) is 0 Å². The molecule has 168 valence electrons. The summed E-state index contributed by atoms with van der Waals surface area (Å²) in [7, 11) is 0. The maximum absolute atomic E-state index is 10.3. The molecule has 0 heterocycles. The smallest absolute Gasteiger partial charge is 0.328 e. The van der Waals surface area contributed by atoms with Gasteiger partial charge < -0.3 is 20.4 Å². The van der Waals surface area contributed by atoms with Crippen LogP contribution < -0.4 is 0 Å². The molecule has 0 aromatic rings. The number of hydrogen-bond donors (Lipinski definition) is 4. The Kier molecular flexibility index (Phi) is 22.2. The average Bonchev–Trinajstić information content (AvgIpc) is 2.65. The number of rotatable bonds is 17. The highest BCUT2D eigenvalue weighted by Crippen LogP contribution is 2.10. The van der Waals surface area contributed by atoms with Gasteiger partial charge in [-0.3, -0.25) is 4.79 Å². The van der Waals surface area contributed by atoms with Crippen molar-refractivity contribution in [3.63, 3.8) is 0 Å². The van der Waals surface area contributed by atoms with Gasteiger partial charge >= 0.3 is 17.9 Å². The molecule has 0 bridgehead atoms. The van der Waals surface area contributed by atoms with Crippen LogP contribution in [0.15, 0.2) is 24.3 Å². The summed E-state index contributed by atoms with van der Waals surface area (Å²) in [5.74, 6) is -3.20. The van der Waals surface area contributed by atoms with Crippen LogP contribution in [0.3, 0.4) is 0 Å². The van der Waals surface area contributed by atoms with Crippen molar-refractivity contribution in [2.24, 2.45) is 0 Å². The largest absolute Gasteiger partial charge is 0.481 e. The Morgan fingerprint density at radius 1 is 0.759 bits per heavy atom. The van der Waals surface area contributed by atoms with Crippen LogP contribution in [0.5, 0.6) is 0 Å². The molecule has 0 saturated carbocycles. The molecule has 0 aliphatic rings. The summed E-state index contributed by atoms with van der Waals surface area (Å²) in [5.41, 5.74) is 0. The molecule has 4 N–H and O–H groups in total. The van der Waals surface area contributed by atoms with Crippen molar-refractivity contribution >= 4 is 17.9 Å². The fraction of sp³-hybridized carbons (Fsp3) is 0.682. The second kappa shape index (κ2) is 22.1. The Morgan fingerprint density at radius 3 is 1.86 bits per heavy atom. The third-order valence-electron chi connectivity index (χ3n) is 4.10. The van der Waals surface area contributed by atoms with E-state index in [2.05, 4.69) is 19.1 Å². The SMILES string of the molecule is CCCCCCC(O)C/C=C\CCCCCCCC(=O)O.O=C(O)/C=C\C(=O)O. The molecule has 7 nitrogen and oxygen atoms in total. The van der Waals surface area contributed by atoms with Crippen LogP contribution >= 0.6 is 0 Å². The van der Waals surface area contributed by atoms with Crippen molar-refractivity contribution in [1.82, 2.24) is 0 Å². The number of carboxylic acid groups (broad SMARTS) is 3. The number of carboxylic acids is 3. The molecular formula is C22H38O7. The first-order valence-corrected chi connectivity index (χ1v) is 10.5. The van der Waals surface area contributed by atoms with E-state index in [1.165, 1.54) is 25.7 Å². The monoisotopic (exact) mass is 414 g/mol. The molecule has 0 spiro atoms. The van der Waals surface area contributed by atoms with Gasteiger partial charge in [-0.1, -0.05) is 64.0 Å². The summed E-state index contributed by atoms with van der Waals surface area (Å²) >= 11 is 0. The van der Waals surface area contributed by atoms with E-state index in [9.17, 15) is 19.5 Å². The number of allylic oxidation sites excluding steroid dienone is 1. The van der Waals surface area contributed by atoms with Gasteiger partial charge in [-0.05, 0) is 32.1 Å². The zero-order valence-corrected chi connectivity index (χ0v) is 17.6. The van der Waals surface area contributed by atoms with Gasteiger partial charge in [0.2, 0.25) is 0 Å². The Balaban J connectivity index is 0. The van der Waals surface area contributed by atoms with Crippen molar-refractivity contribution in [1.29, 1.82) is 0 Å². The van der Waals surface area contributed by atoms with E-state index in [0.717, 1.165) is 51.4 Å². The van der Waals surface area contributed by atoms with Crippen molar-refractivity contribution in [3.8, 4) is 0 Å². The molecule has 0 saturated heterocycles. The lowest BCUT2D eigenvalue weighted by atomic mass is 10.1. The summed E-state index contributed by atoms with van der Waals surface area (Å²) in [6.07, 6.45) is 18.5. The van der Waals surface area contributed by atoms with Crippen LogP contribution in [-0.2, 0) is 14.4 Å². The molecule has 1 unspecified atom stereocenters. The van der Waals surface area contributed by atoms with Gasteiger partial charge in [0.1, 0.15) is 0 Å². The number of aliphatic hydroxyl groups excluding tert-OH is 1. The highest BCUT2D eigenvalue weighted by atomic mass is 16.4. The minimum Gasteiger partial charge on any atom is -0.481 e. The van der Waals surface area contributed by atoms with Gasteiger partial charge in [-0.25, -0.2) is 9.59 Å². The predicted molar refractivity (Wildman–Crippen MR) is 113 cm³/mol. The zero-order chi connectivity index (χ0) is 22.3. The molecule has 0 aliphatic heterocycles. The minimum atomic E-state index is -1.26. The number of aliphatic hydroxyl groups is 1. The van der Waals surface area contributed by atoms with Gasteiger partial charge in [-0.15, -0.1) is 0 Å². The Morgan fingerprint density at radius 2 is 1.31 bits per heavy atom. The molecular weight excluding hydrogens is 376 g/mol. The number of unbranched alkanes of at least 4 members (excludes halogenated alkanes) is 8. The maximum atomic E-state index is 10.3. The van der Waals surface area contributed by atoms with E-state index in [0.29, 0.717) is 18.6 Å². The van der Waals surface area contributed by atoms with E-state index in [-0.39, 0.29) is 6.10 Å². The molecule has 0 rings (SSSR count). The van der Waals surface area contributed by atoms with Crippen molar-refractivity contribution in [2.75, 3.05) is 0 Å². The topological polar surface area (TPSA) is 132 Å². The molecule has 29 heavy (non-hydrogen) atoms. The third-order valence-corrected chi connectivity index (χ3v) is 4.10. The second-order valence-corrected chi connectivity index (χ2v) is 6.92. The Bertz CT molecular complexity index is 468. The summed E-state index contributed by atoms with van der Waals surface area (Å²) in [4.78, 5) is 29.4. The summed E-state index contributed by atoms with van der Waals surface area (Å²) in [5, 5.41) is 33.9. The van der Waals surface area contributed by atoms with Crippen LogP contribution in [0, 0.1) is 0 Å². The van der Waals surface area contributed by atoms with Gasteiger partial charge in [-0.2, -0.15) is 0 Å². The highest BCUT2D eigenvalue weighted by molar-refractivity contribution is 5.89. The number of carbonyl (C=O) groups is 3. The number of hydrogen-bond acceptors (Lipinski definition) is 4. The van der Waals surface area contributed by atoms with Crippen molar-refractivity contribution < 1.29 is 34.8 Å². The molecule has 0 amide bonds. The Labute approximate surface area is 174 Å². The summed E-state index contributed by atoms with van der Waals surface area (Å²) < 4.78 is 0. The van der Waals surface area contributed by atoms with Gasteiger partial charge in [0.25, 0.3) is 0 Å². The van der Waals surface area contributed by atoms with Gasteiger partial charge in [0.05, 0.1) is 6.10 Å². The minimum absolute atomic E-state index is 0.172. The quantitative estimate of drug-likeness (QED) is 0.153. The average molecular weight is 415 g/mol. The molecule has 0 aliphatic carbocycles. The first-order chi connectivity index (χ1) is 13.8. The third kappa shape index (κ3) is 30.8. The lowest BCUT2D eigenvalue weighted by molar-refractivity contribution is -0.137. The van der Waals surface area contributed by atoms with E-state index >= 15 is 0 Å². The molecule has 1 atom stereocenters. The lowest BCUT2D eigenvalue weighted by Crippen LogP contribution is -2.04. The van der Waals surface area contributed by atoms with Gasteiger partial charge in [0.15, 0.2) is 0 Å². The van der Waals surface area contributed by atoms with Crippen LogP contribution in [0.25, 0.3) is 0 Å². The van der Waals surface area contributed by atoms with E-state index < -0.39 is 17.9 Å². The molecule has 0 radical (unpaired) electrons. The van der Waals surface area contributed by atoms with E-state index in [4.69, 9.17) is 15.3 Å². The van der Waals surface area contributed by atoms with E-state index in [1.807, 2.05) is 0 Å². The zero-order valence-electron chi connectivity index (χ0n) is 17.6. The fourth-order valence-corrected chi connectivity index (χ4v) is 2.51. The normalized spacial score (nSPS) is 11.9. The lowest BCUT2D eigenvalue weighted by Gasteiger charge is -2.07. The number of aliphatic carboxylic acids is 3. The first kappa shape index (κ1) is 29.1. The highest BCUT2D eigenvalue weighted by Gasteiger charge is 2.00. The predicted octanol–water partition coefficient (Wildman–Crippen LogP) is 4.79. The van der Waals surface area contributed by atoms with Crippen LogP contribution in [-0.4, -0.2) is 44.4 Å². The van der Waals surface area contributed by atoms with Crippen LogP contribution in [0.4, 0.5) is 0 Å². The molecule has 0 fully saturated rings. The molecule has 0 aromatic heterocycles. The Hall–Kier alpha value is -2.15. The van der Waals surface area contributed by atoms with Crippen LogP contribution in [0.1, 0.15) is 90.4 Å². The molecule has 0 aromatic carbocycles. The van der Waals surface area contributed by atoms with Crippen molar-refractivity contribution in [2.45, 2.75) is 96.5 Å². The second-order valence-electron chi connectivity index (χ2n) is 6.92. The standard InChI is InChI=1S/C18H34O3.C4H4O4/c1-2-3-4-11-14-17(19)15-12-9-7-5-6-8-10-13-16-18(20)21;5-3(6)1-2-4(7)8/h9,12,17,19H,2-8,10-11,13-16H2,1H3,(H,20,21);1-2H,(H,5,6)(H,7,8)/b12-9-;2-1-. The first-order valence-electron chi connectivity index (χ1n) is 10.5. The summed E-state index contributed by atoms with van der Waals surface area (Å²) in [6, 6.07) is 0. The summed E-state index contributed by atoms with van der Waals surface area (Å²) in [6.45, 7) is 2.20.